The van der Waals surface area contributed by atoms with Gasteiger partial charge in [-0.3, -0.25) is 29.3 Å². The molecular formula is C61H69F2N11O9. The predicted octanol–water partition coefficient (Wildman–Crippen LogP) is 6.34. The zero-order valence-electron chi connectivity index (χ0n) is 47.2. The number of fused-ring (bicyclic) bond motifs is 3. The highest BCUT2D eigenvalue weighted by Crippen LogP contribution is 2.48. The Morgan fingerprint density at radius 1 is 0.928 bits per heavy atom. The molecule has 22 heteroatoms. The molecule has 0 bridgehead atoms. The van der Waals surface area contributed by atoms with Gasteiger partial charge in [-0.1, -0.05) is 25.8 Å². The van der Waals surface area contributed by atoms with Gasteiger partial charge in [-0.05, 0) is 105 Å². The maximum absolute atomic E-state index is 17.7. The van der Waals surface area contributed by atoms with Crippen LogP contribution in [0.15, 0.2) is 42.5 Å². The molecule has 11 rings (SSSR count). The van der Waals surface area contributed by atoms with Crippen LogP contribution in [-0.4, -0.2) is 172 Å². The average molecular weight is 1140 g/mol. The minimum atomic E-state index is -0.881. The Balaban J connectivity index is 0.00000251. The Morgan fingerprint density at radius 3 is 2.27 bits per heavy atom. The summed E-state index contributed by atoms with van der Waals surface area (Å²) >= 11 is 0. The number of methoxy groups -OCH3 is 1. The normalized spacial score (nSPS) is 21.4. The zero-order chi connectivity index (χ0) is 58.9. The molecule has 20 nitrogen and oxygen atoms in total. The standard InChI is InChI=1S/C60H67F2N11O7.CH2O2/c1-6-39-31-71(32-40(7-2)73(39)57(77)35(4)28-63)54-50-53(51(62)52(65-56(50)79-5)45-27-42(74)26-37-9-12-46(61)43(8-3)49(37)45)66-59(67-54)80-34-60(17-18-60)33-69-23-21-68(22-24-69)29-36-15-19-70(20-16-36)41-10-11-44-38(25-41)30-72(58(44)78)47-13-14-48(75)64-55(47)76;2-1-3/h3,9-12,25-27,35-36,39-40,47,74H,6-7,13-24,29-34H2,1-2,4-5H3,(H,64,75,76);1H,(H,2,3). The zero-order valence-corrected chi connectivity index (χ0v) is 47.2. The molecule has 436 valence electrons. The maximum Gasteiger partial charge on any atom is 0.319 e. The summed E-state index contributed by atoms with van der Waals surface area (Å²) in [6.45, 7) is 14.0. The molecular weight excluding hydrogens is 1070 g/mol. The first-order valence-electron chi connectivity index (χ1n) is 28.6. The number of phenols is 1. The van der Waals surface area contributed by atoms with Gasteiger partial charge in [0.2, 0.25) is 23.6 Å². The van der Waals surface area contributed by atoms with Crippen molar-refractivity contribution in [3.63, 3.8) is 0 Å². The van der Waals surface area contributed by atoms with E-state index in [-0.39, 0.29) is 105 Å². The van der Waals surface area contributed by atoms with E-state index in [2.05, 4.69) is 43.1 Å². The number of piperidine rings is 2. The fourth-order valence-electron chi connectivity index (χ4n) is 12.8. The van der Waals surface area contributed by atoms with Crippen molar-refractivity contribution in [1.29, 1.82) is 5.26 Å². The van der Waals surface area contributed by atoms with Crippen LogP contribution in [0, 0.1) is 52.6 Å². The van der Waals surface area contributed by atoms with Crippen molar-refractivity contribution in [2.75, 3.05) is 89.0 Å². The molecule has 2 aromatic heterocycles. The van der Waals surface area contributed by atoms with Gasteiger partial charge in [-0.2, -0.15) is 15.2 Å². The van der Waals surface area contributed by atoms with Crippen LogP contribution >= 0.6 is 0 Å². The van der Waals surface area contributed by atoms with E-state index in [4.69, 9.17) is 35.8 Å². The smallest absolute Gasteiger partial charge is 0.319 e. The summed E-state index contributed by atoms with van der Waals surface area (Å²) in [6, 6.07) is 12.1. The number of piperazine rings is 2. The number of carboxylic acid groups (broad SMARTS) is 1. The van der Waals surface area contributed by atoms with Crippen LogP contribution in [0.5, 0.6) is 17.6 Å². The first-order chi connectivity index (χ1) is 40.0. The monoisotopic (exact) mass is 1140 g/mol. The van der Waals surface area contributed by atoms with Gasteiger partial charge in [-0.25, -0.2) is 13.8 Å². The van der Waals surface area contributed by atoms with Crippen LogP contribution in [0.3, 0.4) is 0 Å². The first-order valence-corrected chi connectivity index (χ1v) is 28.6. The summed E-state index contributed by atoms with van der Waals surface area (Å²) in [7, 11) is 1.40. The van der Waals surface area contributed by atoms with Crippen molar-refractivity contribution in [3.05, 3.63) is 70.8 Å². The second-order valence-electron chi connectivity index (χ2n) is 22.8. The Morgan fingerprint density at radius 2 is 1.63 bits per heavy atom. The van der Waals surface area contributed by atoms with E-state index in [1.54, 1.807) is 11.8 Å². The molecule has 1 aliphatic carbocycles. The summed E-state index contributed by atoms with van der Waals surface area (Å²) < 4.78 is 45.6. The number of ether oxygens (including phenoxy) is 2. The molecule has 4 saturated heterocycles. The topological polar surface area (TPSA) is 238 Å². The lowest BCUT2D eigenvalue weighted by molar-refractivity contribution is -0.139. The fourth-order valence-corrected chi connectivity index (χ4v) is 12.8. The summed E-state index contributed by atoms with van der Waals surface area (Å²) in [4.78, 5) is 87.0. The van der Waals surface area contributed by atoms with Crippen LogP contribution in [0.1, 0.15) is 93.6 Å². The van der Waals surface area contributed by atoms with Gasteiger partial charge in [0.15, 0.2) is 5.82 Å². The molecule has 1 saturated carbocycles. The number of halogens is 2. The minimum absolute atomic E-state index is 0.0218. The van der Waals surface area contributed by atoms with Crippen LogP contribution in [-0.2, 0) is 25.7 Å². The molecule has 5 fully saturated rings. The minimum Gasteiger partial charge on any atom is -0.508 e. The van der Waals surface area contributed by atoms with Crippen molar-refractivity contribution in [3.8, 4) is 47.3 Å². The van der Waals surface area contributed by atoms with Crippen molar-refractivity contribution in [1.82, 2.24) is 39.9 Å². The second kappa shape index (κ2) is 24.3. The number of phenolic OH excluding ortho intramolecular Hbond substituents is 1. The second-order valence-corrected chi connectivity index (χ2v) is 22.8. The van der Waals surface area contributed by atoms with Gasteiger partial charge in [-0.15, -0.1) is 6.42 Å². The van der Waals surface area contributed by atoms with Crippen LogP contribution in [0.4, 0.5) is 20.3 Å². The Labute approximate surface area is 480 Å². The Kier molecular flexibility index (Phi) is 17.0. The van der Waals surface area contributed by atoms with Crippen LogP contribution in [0.25, 0.3) is 32.9 Å². The molecule has 83 heavy (non-hydrogen) atoms. The first kappa shape index (κ1) is 58.0. The van der Waals surface area contributed by atoms with E-state index in [1.807, 2.05) is 35.8 Å². The molecule has 7 heterocycles. The lowest BCUT2D eigenvalue weighted by atomic mass is 9.95. The number of benzene rings is 3. The number of pyridine rings is 1. The number of nitrogens with zero attached hydrogens (tertiary/aromatic N) is 10. The molecule has 4 amide bonds. The van der Waals surface area contributed by atoms with E-state index in [9.17, 15) is 29.5 Å². The third-order valence-electron chi connectivity index (χ3n) is 17.6. The van der Waals surface area contributed by atoms with Crippen molar-refractivity contribution in [2.24, 2.45) is 17.3 Å². The summed E-state index contributed by atoms with van der Waals surface area (Å²) in [5.41, 5.74) is 1.95. The van der Waals surface area contributed by atoms with E-state index in [0.29, 0.717) is 61.6 Å². The number of hydrogen-bond donors (Lipinski definition) is 3. The number of rotatable bonds is 15. The number of imide groups is 1. The number of aromatic hydroxyl groups is 1. The number of amides is 4. The van der Waals surface area contributed by atoms with Crippen molar-refractivity contribution < 1.29 is 52.4 Å². The largest absolute Gasteiger partial charge is 0.508 e. The molecule has 0 radical (unpaired) electrons. The summed E-state index contributed by atoms with van der Waals surface area (Å²) in [5, 5.41) is 30.6. The number of nitrogens with one attached hydrogen (secondary N) is 1. The van der Waals surface area contributed by atoms with E-state index < -0.39 is 29.5 Å². The number of hydrogen-bond acceptors (Lipinski definition) is 16. The Bertz CT molecular complexity index is 3430. The summed E-state index contributed by atoms with van der Waals surface area (Å²) in [5.74, 6) is -0.496. The van der Waals surface area contributed by atoms with Gasteiger partial charge in [0.1, 0.15) is 45.9 Å². The number of anilines is 2. The molecule has 3 N–H and O–H groups in total. The Hall–Kier alpha value is -8.21. The van der Waals surface area contributed by atoms with Gasteiger partial charge in [0, 0.05) is 118 Å². The third-order valence-corrected chi connectivity index (χ3v) is 17.6. The molecule has 4 unspecified atom stereocenters. The van der Waals surface area contributed by atoms with E-state index in [1.165, 1.54) is 31.4 Å². The van der Waals surface area contributed by atoms with Gasteiger partial charge < -0.3 is 49.1 Å². The lowest BCUT2D eigenvalue weighted by Crippen LogP contribution is -2.61. The number of aromatic nitrogens is 3. The maximum atomic E-state index is 17.7. The van der Waals surface area contributed by atoms with Gasteiger partial charge in [0.25, 0.3) is 12.4 Å². The van der Waals surface area contributed by atoms with Crippen molar-refractivity contribution >= 4 is 63.3 Å². The van der Waals surface area contributed by atoms with Gasteiger partial charge in [0.05, 0.1) is 25.3 Å². The van der Waals surface area contributed by atoms with E-state index >= 15 is 8.78 Å². The third kappa shape index (κ3) is 11.6. The van der Waals surface area contributed by atoms with Crippen molar-refractivity contribution in [2.45, 2.75) is 96.8 Å². The quantitative estimate of drug-likeness (QED) is 0.0589. The predicted molar refractivity (Wildman–Crippen MR) is 304 cm³/mol. The van der Waals surface area contributed by atoms with Crippen LogP contribution in [0.2, 0.25) is 0 Å². The number of carbonyl (C=O) groups is 5. The highest BCUT2D eigenvalue weighted by Gasteiger charge is 2.46. The lowest BCUT2D eigenvalue weighted by Gasteiger charge is -2.47. The number of nitriles is 1. The highest BCUT2D eigenvalue weighted by molar-refractivity contribution is 6.06. The van der Waals surface area contributed by atoms with Crippen LogP contribution < -0.4 is 24.6 Å². The van der Waals surface area contributed by atoms with Gasteiger partial charge >= 0.3 is 6.01 Å². The van der Waals surface area contributed by atoms with E-state index in [0.717, 1.165) is 89.3 Å². The number of carbonyl (C=O) groups excluding carboxylic acids is 4. The fraction of sp³-hybridized carbons (Fsp3) is 0.492. The molecule has 3 aromatic carbocycles. The SMILES string of the molecule is C#Cc1c(F)ccc2cc(O)cc(-c3nc(OC)c4c(N5CC(CC)N(C(=O)C(C)C#N)C(CC)C5)nc(OCC5(CN6CCN(CC7CCN(c8ccc9c(c8)CN(C8CCC(=O)NC8=O)C9=O)CC7)CC6)CC5)nc4c3F)c12.O=CO. The molecule has 6 aliphatic rings. The number of terminal acetylenes is 1. The highest BCUT2D eigenvalue weighted by atomic mass is 19.1. The molecule has 5 aromatic rings. The average Bonchev–Trinajstić information content (AvgIpc) is 3.26. The molecule has 4 atom stereocenters. The molecule has 0 spiro atoms. The molecule has 5 aliphatic heterocycles. The summed E-state index contributed by atoms with van der Waals surface area (Å²) in [6.07, 6.45) is 11.5.